The van der Waals surface area contributed by atoms with Gasteiger partial charge in [0.05, 0.1) is 0 Å². The summed E-state index contributed by atoms with van der Waals surface area (Å²) in [6, 6.07) is 1.86. The van der Waals surface area contributed by atoms with Gasteiger partial charge in [-0.15, -0.1) is 0 Å². The zero-order valence-electron chi connectivity index (χ0n) is 7.59. The molecule has 0 aliphatic heterocycles. The van der Waals surface area contributed by atoms with Gasteiger partial charge in [-0.2, -0.15) is 0 Å². The van der Waals surface area contributed by atoms with Gasteiger partial charge >= 0.3 is 0 Å². The van der Waals surface area contributed by atoms with E-state index in [1.807, 2.05) is 6.07 Å². The molecule has 0 aliphatic carbocycles. The predicted octanol–water partition coefficient (Wildman–Crippen LogP) is 1.04. The van der Waals surface area contributed by atoms with Crippen molar-refractivity contribution in [2.75, 3.05) is 6.54 Å². The zero-order valence-corrected chi connectivity index (χ0v) is 9.17. The monoisotopic (exact) mass is 244 g/mol. The van der Waals surface area contributed by atoms with Crippen LogP contribution in [0.4, 0.5) is 0 Å². The Kier molecular flexibility index (Phi) is 3.69. The summed E-state index contributed by atoms with van der Waals surface area (Å²) < 4.78 is 2.51. The van der Waals surface area contributed by atoms with Crippen LogP contribution in [0.5, 0.6) is 0 Å². The van der Waals surface area contributed by atoms with Crippen molar-refractivity contribution in [3.8, 4) is 0 Å². The van der Waals surface area contributed by atoms with Crippen molar-refractivity contribution in [2.24, 2.45) is 12.8 Å². The van der Waals surface area contributed by atoms with Crippen molar-refractivity contribution in [3.63, 3.8) is 0 Å². The van der Waals surface area contributed by atoms with Crippen molar-refractivity contribution in [1.82, 2.24) is 4.57 Å². The Morgan fingerprint density at radius 1 is 1.62 bits per heavy atom. The molecule has 0 saturated heterocycles. The highest BCUT2D eigenvalue weighted by molar-refractivity contribution is 9.10. The Morgan fingerprint density at radius 3 is 2.92 bits per heavy atom. The second-order valence-electron chi connectivity index (χ2n) is 2.99. The Balaban J connectivity index is 2.99. The van der Waals surface area contributed by atoms with E-state index in [2.05, 4.69) is 15.9 Å². The number of rotatable bonds is 3. The maximum atomic E-state index is 11.5. The molecule has 0 amide bonds. The number of hydrogen-bond acceptors (Lipinski definition) is 2. The fraction of sp³-hybridized carbons (Fsp3) is 0.444. The highest BCUT2D eigenvalue weighted by atomic mass is 79.9. The van der Waals surface area contributed by atoms with Crippen molar-refractivity contribution >= 4 is 15.9 Å². The third-order valence-corrected chi connectivity index (χ3v) is 2.31. The van der Waals surface area contributed by atoms with E-state index in [-0.39, 0.29) is 5.56 Å². The molecule has 1 aromatic rings. The summed E-state index contributed by atoms with van der Waals surface area (Å²) in [5.74, 6) is 0. The summed E-state index contributed by atoms with van der Waals surface area (Å²) in [5.41, 5.74) is 6.27. The highest BCUT2D eigenvalue weighted by Crippen LogP contribution is 2.08. The van der Waals surface area contributed by atoms with E-state index < -0.39 is 0 Å². The van der Waals surface area contributed by atoms with E-state index in [1.54, 1.807) is 17.8 Å². The smallest absolute Gasteiger partial charge is 0.253 e. The van der Waals surface area contributed by atoms with Crippen LogP contribution in [0.25, 0.3) is 0 Å². The van der Waals surface area contributed by atoms with E-state index in [0.717, 1.165) is 22.9 Å². The molecule has 0 aromatic carbocycles. The van der Waals surface area contributed by atoms with Crippen LogP contribution >= 0.6 is 15.9 Å². The number of hydrogen-bond donors (Lipinski definition) is 1. The molecule has 4 heteroatoms. The number of aryl methyl sites for hydroxylation is 2. The lowest BCUT2D eigenvalue weighted by Crippen LogP contribution is -2.21. The number of pyridine rings is 1. The molecule has 13 heavy (non-hydrogen) atoms. The van der Waals surface area contributed by atoms with Gasteiger partial charge in [0, 0.05) is 23.3 Å². The summed E-state index contributed by atoms with van der Waals surface area (Å²) in [5, 5.41) is 0. The molecule has 0 aliphatic rings. The van der Waals surface area contributed by atoms with Gasteiger partial charge in [-0.25, -0.2) is 0 Å². The molecular weight excluding hydrogens is 232 g/mol. The lowest BCUT2D eigenvalue weighted by Gasteiger charge is -2.03. The van der Waals surface area contributed by atoms with E-state index in [4.69, 9.17) is 5.73 Å². The molecule has 0 saturated carbocycles. The number of halogens is 1. The first kappa shape index (κ1) is 10.5. The molecule has 2 N–H and O–H groups in total. The summed E-state index contributed by atoms with van der Waals surface area (Å²) in [7, 11) is 1.75. The van der Waals surface area contributed by atoms with Crippen LogP contribution in [-0.2, 0) is 13.5 Å². The van der Waals surface area contributed by atoms with Crippen LogP contribution in [0, 0.1) is 0 Å². The quantitative estimate of drug-likeness (QED) is 0.864. The van der Waals surface area contributed by atoms with Crippen LogP contribution < -0.4 is 11.3 Å². The van der Waals surface area contributed by atoms with Crippen molar-refractivity contribution in [3.05, 3.63) is 32.7 Å². The first-order valence-electron chi connectivity index (χ1n) is 4.20. The lowest BCUT2D eigenvalue weighted by molar-refractivity contribution is 0.780. The third kappa shape index (κ3) is 2.67. The molecule has 3 nitrogen and oxygen atoms in total. The standard InChI is InChI=1S/C9H13BrN2O/c1-12-6-8(10)5-7(9(12)13)3-2-4-11/h5-6H,2-4,11H2,1H3. The largest absolute Gasteiger partial charge is 0.330 e. The average Bonchev–Trinajstić information content (AvgIpc) is 2.09. The first-order chi connectivity index (χ1) is 6.15. The summed E-state index contributed by atoms with van der Waals surface area (Å²) in [6.07, 6.45) is 3.36. The van der Waals surface area contributed by atoms with Gasteiger partial charge in [0.15, 0.2) is 0 Å². The van der Waals surface area contributed by atoms with Crippen LogP contribution in [0.15, 0.2) is 21.5 Å². The van der Waals surface area contributed by atoms with E-state index >= 15 is 0 Å². The maximum Gasteiger partial charge on any atom is 0.253 e. The van der Waals surface area contributed by atoms with E-state index in [9.17, 15) is 4.79 Å². The Morgan fingerprint density at radius 2 is 2.31 bits per heavy atom. The maximum absolute atomic E-state index is 11.5. The van der Waals surface area contributed by atoms with Crippen LogP contribution in [0.1, 0.15) is 12.0 Å². The molecule has 1 rings (SSSR count). The minimum absolute atomic E-state index is 0.0663. The van der Waals surface area contributed by atoms with E-state index in [0.29, 0.717) is 6.54 Å². The zero-order chi connectivity index (χ0) is 9.84. The van der Waals surface area contributed by atoms with Crippen LogP contribution in [-0.4, -0.2) is 11.1 Å². The fourth-order valence-corrected chi connectivity index (χ4v) is 1.79. The Bertz CT molecular complexity index is 346. The molecule has 1 heterocycles. The second-order valence-corrected chi connectivity index (χ2v) is 3.91. The van der Waals surface area contributed by atoms with Gasteiger partial charge in [-0.1, -0.05) is 0 Å². The SMILES string of the molecule is Cn1cc(Br)cc(CCCN)c1=O. The minimum atomic E-state index is 0.0663. The minimum Gasteiger partial charge on any atom is -0.330 e. The lowest BCUT2D eigenvalue weighted by atomic mass is 10.1. The van der Waals surface area contributed by atoms with Gasteiger partial charge in [0.2, 0.25) is 0 Å². The average molecular weight is 245 g/mol. The van der Waals surface area contributed by atoms with Gasteiger partial charge < -0.3 is 10.3 Å². The fourth-order valence-electron chi connectivity index (χ4n) is 1.21. The van der Waals surface area contributed by atoms with Crippen molar-refractivity contribution in [1.29, 1.82) is 0 Å². The summed E-state index contributed by atoms with van der Waals surface area (Å²) in [6.45, 7) is 0.621. The van der Waals surface area contributed by atoms with Crippen LogP contribution in [0.3, 0.4) is 0 Å². The predicted molar refractivity (Wildman–Crippen MR) is 56.8 cm³/mol. The number of aromatic nitrogens is 1. The summed E-state index contributed by atoms with van der Waals surface area (Å²) >= 11 is 3.35. The second kappa shape index (κ2) is 4.58. The molecule has 0 radical (unpaired) electrons. The summed E-state index contributed by atoms with van der Waals surface area (Å²) in [4.78, 5) is 11.5. The first-order valence-corrected chi connectivity index (χ1v) is 4.99. The topological polar surface area (TPSA) is 48.0 Å². The molecular formula is C9H13BrN2O. The van der Waals surface area contributed by atoms with Crippen molar-refractivity contribution in [2.45, 2.75) is 12.8 Å². The molecule has 0 unspecified atom stereocenters. The molecule has 1 aromatic heterocycles. The number of nitrogens with zero attached hydrogens (tertiary/aromatic N) is 1. The van der Waals surface area contributed by atoms with Crippen molar-refractivity contribution < 1.29 is 0 Å². The highest BCUT2D eigenvalue weighted by Gasteiger charge is 2.02. The normalized spacial score (nSPS) is 10.4. The van der Waals surface area contributed by atoms with Gasteiger partial charge in [-0.3, -0.25) is 4.79 Å². The van der Waals surface area contributed by atoms with E-state index in [1.165, 1.54) is 0 Å². The molecule has 72 valence electrons. The Labute approximate surface area is 85.7 Å². The third-order valence-electron chi connectivity index (χ3n) is 1.87. The molecule has 0 atom stereocenters. The van der Waals surface area contributed by atoms with Gasteiger partial charge in [0.25, 0.3) is 5.56 Å². The van der Waals surface area contributed by atoms with Gasteiger partial charge in [-0.05, 0) is 41.4 Å². The number of nitrogens with two attached hydrogens (primary N) is 1. The molecule has 0 bridgehead atoms. The van der Waals surface area contributed by atoms with Gasteiger partial charge in [0.1, 0.15) is 0 Å². The molecule has 0 spiro atoms. The Hall–Kier alpha value is -0.610. The van der Waals surface area contributed by atoms with Crippen LogP contribution in [0.2, 0.25) is 0 Å². The molecule has 0 fully saturated rings.